The van der Waals surface area contributed by atoms with Crippen molar-refractivity contribution in [2.24, 2.45) is 12.0 Å². The van der Waals surface area contributed by atoms with Crippen LogP contribution in [0.3, 0.4) is 0 Å². The molecule has 2 aromatic rings. The Bertz CT molecular complexity index is 839. The van der Waals surface area contributed by atoms with E-state index >= 15 is 0 Å². The molecule has 0 unspecified atom stereocenters. The summed E-state index contributed by atoms with van der Waals surface area (Å²) >= 11 is 0. The van der Waals surface area contributed by atoms with E-state index in [1.807, 2.05) is 11.7 Å². The van der Waals surface area contributed by atoms with Crippen LogP contribution in [-0.2, 0) is 33.0 Å². The molecule has 0 atom stereocenters. The largest absolute Gasteiger partial charge is 0.357 e. The first-order valence-electron chi connectivity index (χ1n) is 11.4. The number of nitrogens with zero attached hydrogens (tertiary/aromatic N) is 7. The van der Waals surface area contributed by atoms with Crippen molar-refractivity contribution >= 4 is 29.9 Å². The molecule has 1 aliphatic heterocycles. The van der Waals surface area contributed by atoms with E-state index in [9.17, 15) is 0 Å². The second-order valence-electron chi connectivity index (χ2n) is 8.56. The highest BCUT2D eigenvalue weighted by molar-refractivity contribution is 14.0. The Morgan fingerprint density at radius 1 is 1.26 bits per heavy atom. The molecule has 3 heterocycles. The third-order valence-electron chi connectivity index (χ3n) is 5.59. The number of aromatic nitrogens is 5. The molecule has 174 valence electrons. The SMILES string of the molecule is CCNC(=NCCCc1nnc2n1CCCCC2)N(C)Cc1cn(C)nc1C(C)C.I. The fraction of sp³-hybridized carbons (Fsp3) is 0.727. The first-order valence-corrected chi connectivity index (χ1v) is 11.4. The zero-order chi connectivity index (χ0) is 21.5. The van der Waals surface area contributed by atoms with Gasteiger partial charge >= 0.3 is 0 Å². The van der Waals surface area contributed by atoms with Crippen LogP contribution in [0.15, 0.2) is 11.2 Å². The van der Waals surface area contributed by atoms with Crippen LogP contribution >= 0.6 is 24.0 Å². The van der Waals surface area contributed by atoms with Gasteiger partial charge < -0.3 is 14.8 Å². The summed E-state index contributed by atoms with van der Waals surface area (Å²) in [5.41, 5.74) is 2.42. The number of guanidine groups is 1. The van der Waals surface area contributed by atoms with E-state index in [4.69, 9.17) is 4.99 Å². The predicted molar refractivity (Wildman–Crippen MR) is 136 cm³/mol. The van der Waals surface area contributed by atoms with Crippen molar-refractivity contribution in [3.63, 3.8) is 0 Å². The summed E-state index contributed by atoms with van der Waals surface area (Å²) in [5, 5.41) is 16.9. The van der Waals surface area contributed by atoms with Gasteiger partial charge in [0.25, 0.3) is 0 Å². The molecule has 0 saturated carbocycles. The van der Waals surface area contributed by atoms with E-state index < -0.39 is 0 Å². The number of aliphatic imine (C=N–C) groups is 1. The van der Waals surface area contributed by atoms with Crippen molar-refractivity contribution in [3.05, 3.63) is 29.1 Å². The van der Waals surface area contributed by atoms with Crippen molar-refractivity contribution in [1.29, 1.82) is 0 Å². The maximum atomic E-state index is 4.87. The van der Waals surface area contributed by atoms with Crippen molar-refractivity contribution in [1.82, 2.24) is 34.8 Å². The normalized spacial score (nSPS) is 14.2. The van der Waals surface area contributed by atoms with Crippen LogP contribution in [-0.4, -0.2) is 55.5 Å². The number of rotatable bonds is 8. The summed E-state index contributed by atoms with van der Waals surface area (Å²) in [6, 6.07) is 0. The molecule has 9 heteroatoms. The van der Waals surface area contributed by atoms with Crippen LogP contribution in [0.4, 0.5) is 0 Å². The molecule has 3 rings (SSSR count). The average Bonchev–Trinajstić information content (AvgIpc) is 3.18. The molecule has 0 aromatic carbocycles. The van der Waals surface area contributed by atoms with Gasteiger partial charge in [0.05, 0.1) is 5.69 Å². The Labute approximate surface area is 203 Å². The number of hydrogen-bond acceptors (Lipinski definition) is 4. The van der Waals surface area contributed by atoms with Gasteiger partial charge in [-0.1, -0.05) is 20.3 Å². The minimum atomic E-state index is 0. The summed E-state index contributed by atoms with van der Waals surface area (Å²) in [6.45, 7) is 9.98. The Hall–Kier alpha value is -1.65. The standard InChI is InChI=1S/C22H38N8.HI/c1-6-23-22(28(4)15-18-16-29(5)27-21(18)17(2)3)24-13-10-12-20-26-25-19-11-8-7-9-14-30(19)20;/h16-17H,6-15H2,1-5H3,(H,23,24);1H. The van der Waals surface area contributed by atoms with Crippen molar-refractivity contribution < 1.29 is 0 Å². The van der Waals surface area contributed by atoms with Crippen LogP contribution in [0.1, 0.15) is 75.3 Å². The highest BCUT2D eigenvalue weighted by Gasteiger charge is 2.16. The molecule has 1 aliphatic rings. The number of fused-ring (bicyclic) bond motifs is 1. The summed E-state index contributed by atoms with van der Waals surface area (Å²) in [5.74, 6) is 3.64. The van der Waals surface area contributed by atoms with Gasteiger partial charge in [0.15, 0.2) is 5.96 Å². The lowest BCUT2D eigenvalue weighted by Crippen LogP contribution is -2.38. The number of hydrogen-bond donors (Lipinski definition) is 1. The molecule has 31 heavy (non-hydrogen) atoms. The summed E-state index contributed by atoms with van der Waals surface area (Å²) in [6.07, 6.45) is 8.85. The van der Waals surface area contributed by atoms with Crippen molar-refractivity contribution in [3.8, 4) is 0 Å². The van der Waals surface area contributed by atoms with Crippen molar-refractivity contribution in [2.75, 3.05) is 20.1 Å². The number of aryl methyl sites for hydroxylation is 3. The quantitative estimate of drug-likeness (QED) is 0.239. The first kappa shape index (κ1) is 25.6. The van der Waals surface area contributed by atoms with E-state index in [1.54, 1.807) is 0 Å². The molecule has 2 aromatic heterocycles. The fourth-order valence-corrected chi connectivity index (χ4v) is 4.12. The molecule has 0 aliphatic carbocycles. The van der Waals surface area contributed by atoms with Crippen LogP contribution in [0.2, 0.25) is 0 Å². The Balaban J connectivity index is 0.00000341. The minimum absolute atomic E-state index is 0. The highest BCUT2D eigenvalue weighted by Crippen LogP contribution is 2.19. The van der Waals surface area contributed by atoms with Gasteiger partial charge in [-0.25, -0.2) is 0 Å². The fourth-order valence-electron chi connectivity index (χ4n) is 4.12. The second-order valence-corrected chi connectivity index (χ2v) is 8.56. The molecule has 0 spiro atoms. The van der Waals surface area contributed by atoms with Gasteiger partial charge in [-0.15, -0.1) is 34.2 Å². The molecule has 1 N–H and O–H groups in total. The van der Waals surface area contributed by atoms with Crippen LogP contribution in [0.25, 0.3) is 0 Å². The topological polar surface area (TPSA) is 76.2 Å². The Morgan fingerprint density at radius 2 is 2.06 bits per heavy atom. The van der Waals surface area contributed by atoms with E-state index in [0.29, 0.717) is 5.92 Å². The first-order chi connectivity index (χ1) is 14.5. The van der Waals surface area contributed by atoms with E-state index in [1.165, 1.54) is 24.8 Å². The Kier molecular flexibility index (Phi) is 10.2. The lowest BCUT2D eigenvalue weighted by molar-refractivity contribution is 0.473. The lowest BCUT2D eigenvalue weighted by atomic mass is 10.1. The van der Waals surface area contributed by atoms with Gasteiger partial charge in [0, 0.05) is 64.9 Å². The van der Waals surface area contributed by atoms with Crippen LogP contribution < -0.4 is 5.32 Å². The maximum Gasteiger partial charge on any atom is 0.193 e. The van der Waals surface area contributed by atoms with Gasteiger partial charge in [-0.3, -0.25) is 9.67 Å². The molecule has 0 amide bonds. The maximum absolute atomic E-state index is 4.87. The smallest absolute Gasteiger partial charge is 0.193 e. The molecule has 8 nitrogen and oxygen atoms in total. The zero-order valence-corrected chi connectivity index (χ0v) is 22.1. The molecular weight excluding hydrogens is 503 g/mol. The molecular formula is C22H39IN8. The summed E-state index contributed by atoms with van der Waals surface area (Å²) < 4.78 is 4.24. The highest BCUT2D eigenvalue weighted by atomic mass is 127. The van der Waals surface area contributed by atoms with Crippen LogP contribution in [0.5, 0.6) is 0 Å². The van der Waals surface area contributed by atoms with E-state index in [0.717, 1.165) is 68.7 Å². The third kappa shape index (κ3) is 6.92. The molecule has 0 bridgehead atoms. The van der Waals surface area contributed by atoms with Gasteiger partial charge in [0.2, 0.25) is 0 Å². The van der Waals surface area contributed by atoms with Crippen molar-refractivity contribution in [2.45, 2.75) is 78.3 Å². The summed E-state index contributed by atoms with van der Waals surface area (Å²) in [7, 11) is 4.08. The average molecular weight is 543 g/mol. The van der Waals surface area contributed by atoms with Gasteiger partial charge in [0.1, 0.15) is 11.6 Å². The Morgan fingerprint density at radius 3 is 2.81 bits per heavy atom. The molecule has 0 fully saturated rings. The van der Waals surface area contributed by atoms with Gasteiger partial charge in [-0.05, 0) is 32.1 Å². The van der Waals surface area contributed by atoms with E-state index in [-0.39, 0.29) is 24.0 Å². The predicted octanol–water partition coefficient (Wildman–Crippen LogP) is 3.51. The molecule has 0 radical (unpaired) electrons. The monoisotopic (exact) mass is 542 g/mol. The van der Waals surface area contributed by atoms with Crippen LogP contribution in [0, 0.1) is 0 Å². The van der Waals surface area contributed by atoms with Gasteiger partial charge in [-0.2, -0.15) is 5.10 Å². The third-order valence-corrected chi connectivity index (χ3v) is 5.59. The number of nitrogens with one attached hydrogen (secondary N) is 1. The lowest BCUT2D eigenvalue weighted by Gasteiger charge is -2.22. The number of halogens is 1. The van der Waals surface area contributed by atoms with E-state index in [2.05, 4.69) is 64.1 Å². The zero-order valence-electron chi connectivity index (χ0n) is 19.8. The minimum Gasteiger partial charge on any atom is -0.357 e. The second kappa shape index (κ2) is 12.4. The summed E-state index contributed by atoms with van der Waals surface area (Å²) in [4.78, 5) is 7.06. The molecule has 0 saturated heterocycles.